The number of hydrogen-bond donors (Lipinski definition) is 1. The van der Waals surface area contributed by atoms with Gasteiger partial charge < -0.3 is 0 Å². The Morgan fingerprint density at radius 3 is 2.52 bits per heavy atom. The number of amides is 1. The molecule has 0 unspecified atom stereocenters. The molecule has 1 atom stereocenters. The molecule has 0 saturated carbocycles. The molecule has 0 bridgehead atoms. The number of thiazole rings is 1. The van der Waals surface area contributed by atoms with Crippen molar-refractivity contribution >= 4 is 27.3 Å². The number of carbonyl (C=O) groups excluding carboxylic acids is 1. The fraction of sp³-hybridized carbons (Fsp3) is 0.600. The molecule has 11 heteroatoms. The molecule has 0 radical (unpaired) electrons. The smallest absolute Gasteiger partial charge is 0.287 e. The quantitative estimate of drug-likeness (QED) is 0.866. The standard InChI is InChI=1S/C10H14F3N3O3S2/c1-6(16(3)5-10(11,12)13)9(17)15-21(18,19)8-4-14-7(2)20-8/h4,6H,5H2,1-3H3,(H,15,17)/t6-/m1/s1. The zero-order chi connectivity index (χ0) is 16.4. The Balaban J connectivity index is 2.76. The van der Waals surface area contributed by atoms with Gasteiger partial charge in [0.05, 0.1) is 23.8 Å². The van der Waals surface area contributed by atoms with Crippen molar-refractivity contribution in [1.29, 1.82) is 0 Å². The molecule has 1 aromatic rings. The Morgan fingerprint density at radius 2 is 2.10 bits per heavy atom. The van der Waals surface area contributed by atoms with E-state index in [1.165, 1.54) is 6.92 Å². The highest BCUT2D eigenvalue weighted by molar-refractivity contribution is 7.92. The van der Waals surface area contributed by atoms with Gasteiger partial charge in [-0.3, -0.25) is 9.69 Å². The zero-order valence-corrected chi connectivity index (χ0v) is 13.1. The van der Waals surface area contributed by atoms with Crippen molar-refractivity contribution in [3.05, 3.63) is 11.2 Å². The number of hydrogen-bond acceptors (Lipinski definition) is 6. The van der Waals surface area contributed by atoms with Crippen LogP contribution in [0.3, 0.4) is 0 Å². The summed E-state index contributed by atoms with van der Waals surface area (Å²) in [5.74, 6) is -1.03. The molecular formula is C10H14F3N3O3S2. The first-order valence-electron chi connectivity index (χ1n) is 5.68. The fourth-order valence-corrected chi connectivity index (χ4v) is 3.51. The third-order valence-electron chi connectivity index (χ3n) is 2.57. The summed E-state index contributed by atoms with van der Waals surface area (Å²) in [6, 6.07) is -1.25. The Kier molecular flexibility index (Phi) is 5.34. The van der Waals surface area contributed by atoms with E-state index >= 15 is 0 Å². The van der Waals surface area contributed by atoms with Crippen LogP contribution >= 0.6 is 11.3 Å². The largest absolute Gasteiger partial charge is 0.401 e. The first-order chi connectivity index (χ1) is 9.42. The maximum absolute atomic E-state index is 12.2. The van der Waals surface area contributed by atoms with E-state index in [1.54, 1.807) is 11.6 Å². The highest BCUT2D eigenvalue weighted by atomic mass is 32.2. The monoisotopic (exact) mass is 345 g/mol. The molecular weight excluding hydrogens is 331 g/mol. The highest BCUT2D eigenvalue weighted by Gasteiger charge is 2.34. The maximum atomic E-state index is 12.2. The van der Waals surface area contributed by atoms with Crippen LogP contribution in [0.5, 0.6) is 0 Å². The molecule has 0 fully saturated rings. The molecule has 0 spiro atoms. The molecule has 0 aliphatic heterocycles. The highest BCUT2D eigenvalue weighted by Crippen LogP contribution is 2.19. The summed E-state index contributed by atoms with van der Waals surface area (Å²) in [4.78, 5) is 16.2. The molecule has 1 amide bonds. The average molecular weight is 345 g/mol. The lowest BCUT2D eigenvalue weighted by atomic mass is 10.3. The third kappa shape index (κ3) is 5.25. The molecule has 0 aromatic carbocycles. The Morgan fingerprint density at radius 1 is 1.52 bits per heavy atom. The predicted molar refractivity (Wildman–Crippen MR) is 70.3 cm³/mol. The molecule has 0 saturated heterocycles. The minimum absolute atomic E-state index is 0.168. The first kappa shape index (κ1) is 17.9. The molecule has 0 aliphatic rings. The van der Waals surface area contributed by atoms with Crippen LogP contribution in [0, 0.1) is 6.92 Å². The van der Waals surface area contributed by atoms with Gasteiger partial charge in [0.25, 0.3) is 15.9 Å². The summed E-state index contributed by atoms with van der Waals surface area (Å²) >= 11 is 0.859. The summed E-state index contributed by atoms with van der Waals surface area (Å²) in [5, 5.41) is 0.491. The van der Waals surface area contributed by atoms with Gasteiger partial charge in [0.2, 0.25) is 0 Å². The maximum Gasteiger partial charge on any atom is 0.401 e. The number of rotatable bonds is 5. The number of sulfonamides is 1. The number of carbonyl (C=O) groups is 1. The lowest BCUT2D eigenvalue weighted by Crippen LogP contribution is -2.47. The summed E-state index contributed by atoms with van der Waals surface area (Å²) in [6.45, 7) is 1.46. The van der Waals surface area contributed by atoms with Gasteiger partial charge in [0, 0.05) is 0 Å². The van der Waals surface area contributed by atoms with Crippen LogP contribution in [0.25, 0.3) is 0 Å². The van der Waals surface area contributed by atoms with Crippen LogP contribution in [0.1, 0.15) is 11.9 Å². The van der Waals surface area contributed by atoms with Gasteiger partial charge in [-0.25, -0.2) is 18.1 Å². The predicted octanol–water partition coefficient (Wildman–Crippen LogP) is 1.14. The van der Waals surface area contributed by atoms with E-state index in [1.807, 2.05) is 0 Å². The van der Waals surface area contributed by atoms with Crippen LogP contribution < -0.4 is 4.72 Å². The number of aryl methyl sites for hydroxylation is 1. The van der Waals surface area contributed by atoms with Crippen molar-refractivity contribution in [3.8, 4) is 0 Å². The molecule has 1 heterocycles. The van der Waals surface area contributed by atoms with Crippen molar-refractivity contribution in [3.63, 3.8) is 0 Å². The van der Waals surface area contributed by atoms with Crippen molar-refractivity contribution in [2.75, 3.05) is 13.6 Å². The number of nitrogens with zero attached hydrogens (tertiary/aromatic N) is 2. The summed E-state index contributed by atoms with van der Waals surface area (Å²) in [6.07, 6.45) is -3.39. The van der Waals surface area contributed by atoms with Crippen molar-refractivity contribution in [1.82, 2.24) is 14.6 Å². The second kappa shape index (κ2) is 6.28. The second-order valence-electron chi connectivity index (χ2n) is 4.37. The van der Waals surface area contributed by atoms with Gasteiger partial charge in [-0.15, -0.1) is 11.3 Å². The Hall–Kier alpha value is -1.20. The molecule has 6 nitrogen and oxygen atoms in total. The van der Waals surface area contributed by atoms with Gasteiger partial charge in [-0.05, 0) is 20.9 Å². The average Bonchev–Trinajstić information content (AvgIpc) is 2.72. The van der Waals surface area contributed by atoms with Gasteiger partial charge in [-0.2, -0.15) is 13.2 Å². The van der Waals surface area contributed by atoms with Crippen LogP contribution in [0.4, 0.5) is 13.2 Å². The van der Waals surface area contributed by atoms with E-state index in [0.717, 1.165) is 24.6 Å². The van der Waals surface area contributed by atoms with E-state index in [9.17, 15) is 26.4 Å². The molecule has 1 rings (SSSR count). The normalized spacial score (nSPS) is 14.2. The van der Waals surface area contributed by atoms with E-state index in [4.69, 9.17) is 0 Å². The van der Waals surface area contributed by atoms with Crippen molar-refractivity contribution < 1.29 is 26.4 Å². The number of aromatic nitrogens is 1. The van der Waals surface area contributed by atoms with Crippen LogP contribution in [-0.2, 0) is 14.8 Å². The topological polar surface area (TPSA) is 79.4 Å². The van der Waals surface area contributed by atoms with Gasteiger partial charge in [0.1, 0.15) is 0 Å². The van der Waals surface area contributed by atoms with Gasteiger partial charge in [-0.1, -0.05) is 0 Å². The first-order valence-corrected chi connectivity index (χ1v) is 7.98. The fourth-order valence-electron chi connectivity index (χ4n) is 1.35. The zero-order valence-electron chi connectivity index (χ0n) is 11.4. The molecule has 1 N–H and O–H groups in total. The van der Waals surface area contributed by atoms with Gasteiger partial charge >= 0.3 is 6.18 Å². The van der Waals surface area contributed by atoms with E-state index in [2.05, 4.69) is 4.98 Å². The Labute approximate surface area is 124 Å². The van der Waals surface area contributed by atoms with Gasteiger partial charge in [0.15, 0.2) is 4.21 Å². The molecule has 120 valence electrons. The summed E-state index contributed by atoms with van der Waals surface area (Å²) in [7, 11) is -3.03. The number of halogens is 3. The van der Waals surface area contributed by atoms with Crippen molar-refractivity contribution in [2.45, 2.75) is 30.3 Å². The van der Waals surface area contributed by atoms with E-state index in [0.29, 0.717) is 9.91 Å². The lowest BCUT2D eigenvalue weighted by molar-refractivity contribution is -0.150. The third-order valence-corrected chi connectivity index (χ3v) is 5.29. The second-order valence-corrected chi connectivity index (χ2v) is 7.52. The summed E-state index contributed by atoms with van der Waals surface area (Å²) in [5.41, 5.74) is 0. The van der Waals surface area contributed by atoms with Crippen LogP contribution in [0.2, 0.25) is 0 Å². The SMILES string of the molecule is Cc1ncc(S(=O)(=O)NC(=O)[C@@H](C)N(C)CC(F)(F)F)s1. The Bertz CT molecular complexity index is 613. The number of nitrogens with one attached hydrogen (secondary N) is 1. The molecule has 0 aliphatic carbocycles. The summed E-state index contributed by atoms with van der Waals surface area (Å²) < 4.78 is 62.0. The van der Waals surface area contributed by atoms with E-state index < -0.39 is 34.7 Å². The molecule has 1 aromatic heterocycles. The van der Waals surface area contributed by atoms with Crippen molar-refractivity contribution in [2.24, 2.45) is 0 Å². The van der Waals surface area contributed by atoms with E-state index in [-0.39, 0.29) is 4.21 Å². The lowest BCUT2D eigenvalue weighted by Gasteiger charge is -2.24. The molecule has 21 heavy (non-hydrogen) atoms. The minimum Gasteiger partial charge on any atom is -0.287 e. The van der Waals surface area contributed by atoms with Crippen LogP contribution in [-0.4, -0.2) is 50.0 Å². The number of likely N-dealkylation sites (N-methyl/N-ethyl adjacent to an activating group) is 1. The van der Waals surface area contributed by atoms with Crippen LogP contribution in [0.15, 0.2) is 10.4 Å². The minimum atomic E-state index is -4.48. The number of alkyl halides is 3.